The Labute approximate surface area is 90.7 Å². The van der Waals surface area contributed by atoms with Crippen molar-refractivity contribution in [2.24, 2.45) is 5.14 Å². The number of nitrogens with zero attached hydrogens (tertiary/aromatic N) is 1. The molecule has 0 spiro atoms. The van der Waals surface area contributed by atoms with Crippen molar-refractivity contribution in [3.05, 3.63) is 29.8 Å². The van der Waals surface area contributed by atoms with Gasteiger partial charge in [0.05, 0.1) is 11.3 Å². The first-order valence-electron chi connectivity index (χ1n) is 4.07. The number of rotatable bonds is 2. The van der Waals surface area contributed by atoms with Gasteiger partial charge < -0.3 is 0 Å². The van der Waals surface area contributed by atoms with E-state index in [-0.39, 0.29) is 0 Å². The zero-order valence-corrected chi connectivity index (χ0v) is 9.01. The van der Waals surface area contributed by atoms with Gasteiger partial charge >= 0.3 is 6.18 Å². The van der Waals surface area contributed by atoms with Gasteiger partial charge in [0.15, 0.2) is 0 Å². The van der Waals surface area contributed by atoms with Crippen molar-refractivity contribution in [3.8, 4) is 0 Å². The van der Waals surface area contributed by atoms with Gasteiger partial charge in [0.25, 0.3) is 10.2 Å². The van der Waals surface area contributed by atoms with Crippen LogP contribution in [0, 0.1) is 0 Å². The molecule has 4 nitrogen and oxygen atoms in total. The maximum Gasteiger partial charge on any atom is 0.418 e. The van der Waals surface area contributed by atoms with Crippen LogP contribution in [0.4, 0.5) is 18.9 Å². The Hall–Kier alpha value is -1.28. The van der Waals surface area contributed by atoms with Gasteiger partial charge in [-0.25, -0.2) is 5.14 Å². The Kier molecular flexibility index (Phi) is 3.15. The van der Waals surface area contributed by atoms with Gasteiger partial charge in [-0.3, -0.25) is 4.31 Å². The van der Waals surface area contributed by atoms with E-state index in [0.29, 0.717) is 4.31 Å². The summed E-state index contributed by atoms with van der Waals surface area (Å²) in [6.07, 6.45) is -4.63. The fourth-order valence-corrected chi connectivity index (χ4v) is 1.56. The quantitative estimate of drug-likeness (QED) is 0.865. The highest BCUT2D eigenvalue weighted by Crippen LogP contribution is 2.36. The molecule has 0 aromatic heterocycles. The third-order valence-corrected chi connectivity index (χ3v) is 2.89. The highest BCUT2D eigenvalue weighted by Gasteiger charge is 2.35. The van der Waals surface area contributed by atoms with Gasteiger partial charge in [-0.1, -0.05) is 12.1 Å². The lowest BCUT2D eigenvalue weighted by Gasteiger charge is -2.20. The number of hydrogen-bond acceptors (Lipinski definition) is 2. The van der Waals surface area contributed by atoms with Crippen LogP contribution in [-0.4, -0.2) is 15.5 Å². The summed E-state index contributed by atoms with van der Waals surface area (Å²) in [5.74, 6) is 0. The summed E-state index contributed by atoms with van der Waals surface area (Å²) in [6, 6.07) is 4.29. The molecule has 0 amide bonds. The molecule has 0 saturated carbocycles. The fourth-order valence-electron chi connectivity index (χ4n) is 1.13. The first-order valence-corrected chi connectivity index (χ1v) is 5.57. The molecular formula is C8H9F3N2O2S. The molecular weight excluding hydrogens is 245 g/mol. The molecule has 16 heavy (non-hydrogen) atoms. The number of anilines is 1. The van der Waals surface area contributed by atoms with Crippen LogP contribution >= 0.6 is 0 Å². The largest absolute Gasteiger partial charge is 0.418 e. The number of halogens is 3. The van der Waals surface area contributed by atoms with Crippen molar-refractivity contribution >= 4 is 15.9 Å². The van der Waals surface area contributed by atoms with E-state index in [9.17, 15) is 21.6 Å². The molecule has 1 aromatic rings. The minimum atomic E-state index is -4.63. The van der Waals surface area contributed by atoms with Crippen LogP contribution < -0.4 is 9.44 Å². The van der Waals surface area contributed by atoms with E-state index < -0.39 is 27.6 Å². The molecule has 0 unspecified atom stereocenters. The Morgan fingerprint density at radius 2 is 1.75 bits per heavy atom. The zero-order valence-electron chi connectivity index (χ0n) is 8.19. The van der Waals surface area contributed by atoms with E-state index in [4.69, 9.17) is 5.14 Å². The molecule has 0 radical (unpaired) electrons. The smallest absolute Gasteiger partial charge is 0.260 e. The average Bonchev–Trinajstić information content (AvgIpc) is 2.14. The Balaban J connectivity index is 3.36. The van der Waals surface area contributed by atoms with Gasteiger partial charge in [-0.05, 0) is 12.1 Å². The van der Waals surface area contributed by atoms with Gasteiger partial charge in [-0.2, -0.15) is 21.6 Å². The molecule has 0 aliphatic carbocycles. The van der Waals surface area contributed by atoms with E-state index >= 15 is 0 Å². The summed E-state index contributed by atoms with van der Waals surface area (Å²) >= 11 is 0. The van der Waals surface area contributed by atoms with E-state index in [2.05, 4.69) is 0 Å². The van der Waals surface area contributed by atoms with E-state index in [0.717, 1.165) is 19.2 Å². The summed E-state index contributed by atoms with van der Waals surface area (Å²) in [6.45, 7) is 0. The molecule has 0 bridgehead atoms. The first kappa shape index (κ1) is 12.8. The highest BCUT2D eigenvalue weighted by atomic mass is 32.2. The maximum atomic E-state index is 12.5. The normalized spacial score (nSPS) is 12.6. The van der Waals surface area contributed by atoms with Crippen molar-refractivity contribution in [1.29, 1.82) is 0 Å². The van der Waals surface area contributed by atoms with Crippen molar-refractivity contribution in [3.63, 3.8) is 0 Å². The summed E-state index contributed by atoms with van der Waals surface area (Å²) < 4.78 is 59.9. The van der Waals surface area contributed by atoms with Crippen LogP contribution in [0.25, 0.3) is 0 Å². The van der Waals surface area contributed by atoms with Crippen LogP contribution in [0.5, 0.6) is 0 Å². The van der Waals surface area contributed by atoms with E-state index in [1.165, 1.54) is 12.1 Å². The molecule has 0 aliphatic rings. The highest BCUT2D eigenvalue weighted by molar-refractivity contribution is 7.90. The van der Waals surface area contributed by atoms with E-state index in [1.807, 2.05) is 0 Å². The molecule has 1 aromatic carbocycles. The monoisotopic (exact) mass is 254 g/mol. The van der Waals surface area contributed by atoms with E-state index in [1.54, 1.807) is 0 Å². The number of benzene rings is 1. The molecule has 0 fully saturated rings. The van der Waals surface area contributed by atoms with Crippen molar-refractivity contribution in [1.82, 2.24) is 0 Å². The molecule has 0 aliphatic heterocycles. The van der Waals surface area contributed by atoms with Gasteiger partial charge in [0.2, 0.25) is 0 Å². The maximum absolute atomic E-state index is 12.5. The summed E-state index contributed by atoms with van der Waals surface area (Å²) in [7, 11) is -3.25. The van der Waals surface area contributed by atoms with Crippen molar-refractivity contribution in [2.75, 3.05) is 11.4 Å². The molecule has 90 valence electrons. The summed E-state index contributed by atoms with van der Waals surface area (Å²) in [4.78, 5) is 0. The SMILES string of the molecule is CN(c1ccccc1C(F)(F)F)S(N)(=O)=O. The lowest BCUT2D eigenvalue weighted by Crippen LogP contribution is -2.34. The van der Waals surface area contributed by atoms with Crippen molar-refractivity contribution in [2.45, 2.75) is 6.18 Å². The predicted molar refractivity (Wildman–Crippen MR) is 53.0 cm³/mol. The van der Waals surface area contributed by atoms with Gasteiger partial charge in [0.1, 0.15) is 0 Å². The third kappa shape index (κ3) is 2.64. The number of alkyl halides is 3. The lowest BCUT2D eigenvalue weighted by molar-refractivity contribution is -0.137. The topological polar surface area (TPSA) is 63.4 Å². The van der Waals surface area contributed by atoms with Crippen LogP contribution in [0.15, 0.2) is 24.3 Å². The lowest BCUT2D eigenvalue weighted by atomic mass is 10.2. The Bertz CT molecular complexity index is 484. The van der Waals surface area contributed by atoms with Crippen LogP contribution in [0.1, 0.15) is 5.56 Å². The van der Waals surface area contributed by atoms with Gasteiger partial charge in [0, 0.05) is 7.05 Å². The number of hydrogen-bond donors (Lipinski definition) is 1. The molecule has 2 N–H and O–H groups in total. The van der Waals surface area contributed by atoms with Crippen LogP contribution in [0.3, 0.4) is 0 Å². The third-order valence-electron chi connectivity index (χ3n) is 1.93. The molecule has 8 heteroatoms. The van der Waals surface area contributed by atoms with Crippen molar-refractivity contribution < 1.29 is 21.6 Å². The number of para-hydroxylation sites is 1. The fraction of sp³-hybridized carbons (Fsp3) is 0.250. The van der Waals surface area contributed by atoms with Crippen LogP contribution in [-0.2, 0) is 16.4 Å². The summed E-state index contributed by atoms with van der Waals surface area (Å²) in [5.41, 5.74) is -1.55. The van der Waals surface area contributed by atoms with Crippen LogP contribution in [0.2, 0.25) is 0 Å². The minimum Gasteiger partial charge on any atom is -0.260 e. The average molecular weight is 254 g/mol. The second-order valence-corrected chi connectivity index (χ2v) is 4.61. The minimum absolute atomic E-state index is 0.385. The zero-order chi connectivity index (χ0) is 12.6. The first-order chi connectivity index (χ1) is 7.14. The predicted octanol–water partition coefficient (Wildman–Crippen LogP) is 1.35. The number of nitrogens with two attached hydrogens (primary N) is 1. The Morgan fingerprint density at radius 3 is 2.19 bits per heavy atom. The standard InChI is InChI=1S/C8H9F3N2O2S/c1-13(16(12,14)15)7-5-3-2-4-6(7)8(9,10)11/h2-5H,1H3,(H2,12,14,15). The summed E-state index contributed by atoms with van der Waals surface area (Å²) in [5, 5.41) is 4.75. The van der Waals surface area contributed by atoms with Gasteiger partial charge in [-0.15, -0.1) is 0 Å². The molecule has 0 atom stereocenters. The molecule has 1 rings (SSSR count). The molecule has 0 saturated heterocycles. The second kappa shape index (κ2) is 3.95. The molecule has 0 heterocycles. The Morgan fingerprint density at radius 1 is 1.25 bits per heavy atom. The second-order valence-electron chi connectivity index (χ2n) is 3.03.